The predicted octanol–water partition coefficient (Wildman–Crippen LogP) is 1.65. The fourth-order valence-electron chi connectivity index (χ4n) is 1.81. The van der Waals surface area contributed by atoms with E-state index < -0.39 is 11.8 Å². The lowest BCUT2D eigenvalue weighted by atomic mass is 10.2. The van der Waals surface area contributed by atoms with Crippen molar-refractivity contribution in [1.82, 2.24) is 10.9 Å². The third kappa shape index (κ3) is 5.91. The average molecular weight is 342 g/mol. The van der Waals surface area contributed by atoms with E-state index in [1.807, 2.05) is 19.1 Å². The molecular formula is C18H18N2O5. The number of carbonyl (C=O) groups is 2. The largest absolute Gasteiger partial charge is 0.504 e. The molecule has 0 heterocycles. The van der Waals surface area contributed by atoms with E-state index in [1.54, 1.807) is 12.1 Å². The van der Waals surface area contributed by atoms with E-state index in [-0.39, 0.29) is 18.1 Å². The lowest BCUT2D eigenvalue weighted by Crippen LogP contribution is -2.43. The van der Waals surface area contributed by atoms with Crippen molar-refractivity contribution in [1.29, 1.82) is 0 Å². The topological polar surface area (TPSA) is 108 Å². The molecule has 4 N–H and O–H groups in total. The molecule has 2 rings (SSSR count). The molecule has 0 aliphatic rings. The summed E-state index contributed by atoms with van der Waals surface area (Å²) < 4.78 is 5.28. The second-order valence-electron chi connectivity index (χ2n) is 5.22. The Balaban J connectivity index is 1.75. The van der Waals surface area contributed by atoms with Crippen LogP contribution in [0.15, 0.2) is 48.5 Å². The summed E-state index contributed by atoms with van der Waals surface area (Å²) in [5.74, 6) is -1.05. The number of hydrogen-bond acceptors (Lipinski definition) is 5. The van der Waals surface area contributed by atoms with Gasteiger partial charge in [0.2, 0.25) is 0 Å². The van der Waals surface area contributed by atoms with Crippen LogP contribution in [0.5, 0.6) is 17.2 Å². The van der Waals surface area contributed by atoms with Crippen LogP contribution in [0.1, 0.15) is 11.1 Å². The zero-order valence-corrected chi connectivity index (χ0v) is 13.5. The summed E-state index contributed by atoms with van der Waals surface area (Å²) in [6.07, 6.45) is 2.59. The zero-order chi connectivity index (χ0) is 18.2. The molecule has 25 heavy (non-hydrogen) atoms. The SMILES string of the molecule is Cc1ccc(OCC(=O)NNC(=O)/C=C/c2ccc(O)c(O)c2)cc1. The van der Waals surface area contributed by atoms with Gasteiger partial charge >= 0.3 is 0 Å². The quantitative estimate of drug-likeness (QED) is 0.375. The summed E-state index contributed by atoms with van der Waals surface area (Å²) in [6, 6.07) is 11.3. The van der Waals surface area contributed by atoms with E-state index in [4.69, 9.17) is 4.74 Å². The zero-order valence-electron chi connectivity index (χ0n) is 13.5. The maximum absolute atomic E-state index is 11.6. The average Bonchev–Trinajstić information content (AvgIpc) is 2.60. The second kappa shape index (κ2) is 8.39. The summed E-state index contributed by atoms with van der Waals surface area (Å²) in [7, 11) is 0. The summed E-state index contributed by atoms with van der Waals surface area (Å²) in [4.78, 5) is 23.2. The molecule has 0 radical (unpaired) electrons. The van der Waals surface area contributed by atoms with Gasteiger partial charge in [-0.15, -0.1) is 0 Å². The van der Waals surface area contributed by atoms with E-state index in [0.717, 1.165) is 5.56 Å². The third-order valence-electron chi connectivity index (χ3n) is 3.14. The molecule has 0 saturated carbocycles. The van der Waals surface area contributed by atoms with Crippen molar-refractivity contribution >= 4 is 17.9 Å². The second-order valence-corrected chi connectivity index (χ2v) is 5.22. The smallest absolute Gasteiger partial charge is 0.276 e. The van der Waals surface area contributed by atoms with Gasteiger partial charge in [-0.3, -0.25) is 20.4 Å². The Hall–Kier alpha value is -3.48. The first-order valence-electron chi connectivity index (χ1n) is 7.42. The van der Waals surface area contributed by atoms with Gasteiger partial charge in [0.25, 0.3) is 11.8 Å². The minimum absolute atomic E-state index is 0.237. The number of phenols is 2. The van der Waals surface area contributed by atoms with Crippen LogP contribution >= 0.6 is 0 Å². The number of hydrazine groups is 1. The van der Waals surface area contributed by atoms with Crippen molar-refractivity contribution in [2.24, 2.45) is 0 Å². The Bertz CT molecular complexity index is 785. The maximum Gasteiger partial charge on any atom is 0.276 e. The minimum atomic E-state index is -0.559. The molecule has 2 amide bonds. The van der Waals surface area contributed by atoms with Crippen LogP contribution in [0, 0.1) is 6.92 Å². The van der Waals surface area contributed by atoms with Crippen molar-refractivity contribution in [2.75, 3.05) is 6.61 Å². The Morgan fingerprint density at radius 1 is 1.04 bits per heavy atom. The maximum atomic E-state index is 11.6. The van der Waals surface area contributed by atoms with Gasteiger partial charge in [-0.1, -0.05) is 23.8 Å². The van der Waals surface area contributed by atoms with Gasteiger partial charge in [-0.2, -0.15) is 0 Å². The number of carbonyl (C=O) groups excluding carboxylic acids is 2. The normalized spacial score (nSPS) is 10.4. The number of rotatable bonds is 5. The van der Waals surface area contributed by atoms with E-state index in [1.165, 1.54) is 30.4 Å². The number of ether oxygens (including phenoxy) is 1. The summed E-state index contributed by atoms with van der Waals surface area (Å²) in [5, 5.41) is 18.6. The van der Waals surface area contributed by atoms with Gasteiger partial charge in [0, 0.05) is 6.08 Å². The van der Waals surface area contributed by atoms with Crippen molar-refractivity contribution in [2.45, 2.75) is 6.92 Å². The van der Waals surface area contributed by atoms with E-state index >= 15 is 0 Å². The van der Waals surface area contributed by atoms with Gasteiger partial charge in [0.15, 0.2) is 18.1 Å². The minimum Gasteiger partial charge on any atom is -0.504 e. The van der Waals surface area contributed by atoms with Crippen LogP contribution in [0.4, 0.5) is 0 Å². The molecule has 0 aliphatic carbocycles. The van der Waals surface area contributed by atoms with Crippen LogP contribution < -0.4 is 15.6 Å². The monoisotopic (exact) mass is 342 g/mol. The molecule has 0 unspecified atom stereocenters. The van der Waals surface area contributed by atoms with Crippen molar-refractivity contribution < 1.29 is 24.5 Å². The molecule has 0 aromatic heterocycles. The van der Waals surface area contributed by atoms with Gasteiger partial charge in [0.05, 0.1) is 0 Å². The first-order chi connectivity index (χ1) is 11.9. The predicted molar refractivity (Wildman–Crippen MR) is 91.8 cm³/mol. The van der Waals surface area contributed by atoms with Crippen LogP contribution in [0.2, 0.25) is 0 Å². The van der Waals surface area contributed by atoms with E-state index in [9.17, 15) is 19.8 Å². The van der Waals surface area contributed by atoms with E-state index in [2.05, 4.69) is 10.9 Å². The summed E-state index contributed by atoms with van der Waals surface area (Å²) >= 11 is 0. The van der Waals surface area contributed by atoms with Crippen molar-refractivity contribution in [3.8, 4) is 17.2 Å². The number of hydrogen-bond donors (Lipinski definition) is 4. The van der Waals surface area contributed by atoms with Gasteiger partial charge < -0.3 is 14.9 Å². The van der Waals surface area contributed by atoms with Crippen molar-refractivity contribution in [3.63, 3.8) is 0 Å². The number of aromatic hydroxyl groups is 2. The molecule has 0 saturated heterocycles. The number of nitrogens with one attached hydrogen (secondary N) is 2. The number of benzene rings is 2. The number of amides is 2. The number of phenolic OH excluding ortho intramolecular Hbond substituents is 2. The fraction of sp³-hybridized carbons (Fsp3) is 0.111. The molecule has 0 aliphatic heterocycles. The Labute approximate surface area is 144 Å². The number of aryl methyl sites for hydroxylation is 1. The first-order valence-corrected chi connectivity index (χ1v) is 7.42. The highest BCUT2D eigenvalue weighted by atomic mass is 16.5. The highest BCUT2D eigenvalue weighted by Gasteiger charge is 2.04. The van der Waals surface area contributed by atoms with Gasteiger partial charge in [0.1, 0.15) is 5.75 Å². The lowest BCUT2D eigenvalue weighted by Gasteiger charge is -2.07. The Morgan fingerprint density at radius 2 is 1.76 bits per heavy atom. The molecule has 0 bridgehead atoms. The van der Waals surface area contributed by atoms with Crippen LogP contribution in [-0.2, 0) is 9.59 Å². The van der Waals surface area contributed by atoms with Gasteiger partial charge in [-0.25, -0.2) is 0 Å². The highest BCUT2D eigenvalue weighted by Crippen LogP contribution is 2.25. The molecule has 0 spiro atoms. The molecule has 0 atom stereocenters. The van der Waals surface area contributed by atoms with Crippen LogP contribution in [0.3, 0.4) is 0 Å². The molecule has 130 valence electrons. The summed E-state index contributed by atoms with van der Waals surface area (Å²) in [6.45, 7) is 1.71. The lowest BCUT2D eigenvalue weighted by molar-refractivity contribution is -0.128. The van der Waals surface area contributed by atoms with Crippen LogP contribution in [-0.4, -0.2) is 28.6 Å². The molecule has 7 heteroatoms. The molecule has 0 fully saturated rings. The highest BCUT2D eigenvalue weighted by molar-refractivity contribution is 5.93. The standard InChI is InChI=1S/C18H18N2O5/c1-12-2-6-14(7-3-12)25-11-18(24)20-19-17(23)9-5-13-4-8-15(21)16(22)10-13/h2-10,21-22H,11H2,1H3,(H,19,23)(H,20,24)/b9-5+. The third-order valence-corrected chi connectivity index (χ3v) is 3.14. The van der Waals surface area contributed by atoms with Gasteiger partial charge in [-0.05, 0) is 42.8 Å². The molecule has 2 aromatic carbocycles. The Morgan fingerprint density at radius 3 is 2.44 bits per heavy atom. The summed E-state index contributed by atoms with van der Waals surface area (Å²) in [5.41, 5.74) is 6.02. The molecule has 2 aromatic rings. The van der Waals surface area contributed by atoms with E-state index in [0.29, 0.717) is 11.3 Å². The molecular weight excluding hydrogens is 324 g/mol. The van der Waals surface area contributed by atoms with Crippen molar-refractivity contribution in [3.05, 3.63) is 59.7 Å². The molecule has 7 nitrogen and oxygen atoms in total. The first kappa shape index (κ1) is 17.9. The van der Waals surface area contributed by atoms with Crippen LogP contribution in [0.25, 0.3) is 6.08 Å². The Kier molecular flexibility index (Phi) is 6.00. The fourth-order valence-corrected chi connectivity index (χ4v) is 1.81.